The smallest absolute Gasteiger partial charge is 0.191 e. The Hall–Kier alpha value is -1.00. The number of hydrogen-bond donors (Lipinski definition) is 0. The molecule has 0 radical (unpaired) electrons. The van der Waals surface area contributed by atoms with Crippen LogP contribution in [0.25, 0.3) is 0 Å². The number of benzene rings is 1. The number of hydrogen-bond acceptors (Lipinski definition) is 3. The zero-order valence-electron chi connectivity index (χ0n) is 9.85. The molecule has 5 heteroatoms. The maximum absolute atomic E-state index is 6.11. The molecule has 0 aliphatic carbocycles. The molecule has 0 fully saturated rings. The molecule has 0 atom stereocenters. The largest absolute Gasteiger partial charge is 0.309 e. The van der Waals surface area contributed by atoms with Crippen molar-refractivity contribution in [2.45, 2.75) is 24.3 Å². The van der Waals surface area contributed by atoms with E-state index in [1.165, 1.54) is 0 Å². The quantitative estimate of drug-likeness (QED) is 0.796. The Bertz CT molecular complexity index is 510. The molecule has 0 bridgehead atoms. The summed E-state index contributed by atoms with van der Waals surface area (Å²) >= 11 is 7.76. The first-order chi connectivity index (χ1) is 8.22. The van der Waals surface area contributed by atoms with Crippen molar-refractivity contribution in [3.8, 4) is 0 Å². The Morgan fingerprint density at radius 2 is 2.06 bits per heavy atom. The average molecular weight is 268 g/mol. The molecule has 0 N–H and O–H groups in total. The van der Waals surface area contributed by atoms with Crippen molar-refractivity contribution in [1.29, 1.82) is 0 Å². The van der Waals surface area contributed by atoms with Crippen LogP contribution in [0.15, 0.2) is 29.4 Å². The van der Waals surface area contributed by atoms with Gasteiger partial charge in [-0.1, -0.05) is 48.5 Å². The third-order valence-electron chi connectivity index (χ3n) is 2.56. The highest BCUT2D eigenvalue weighted by atomic mass is 35.5. The van der Waals surface area contributed by atoms with Crippen LogP contribution < -0.4 is 0 Å². The van der Waals surface area contributed by atoms with Crippen molar-refractivity contribution in [2.24, 2.45) is 7.05 Å². The summed E-state index contributed by atoms with van der Waals surface area (Å²) in [6.07, 6.45) is 0.899. The van der Waals surface area contributed by atoms with Crippen LogP contribution in [0.4, 0.5) is 0 Å². The minimum absolute atomic E-state index is 0.804. The second kappa shape index (κ2) is 5.56. The zero-order chi connectivity index (χ0) is 12.3. The molecule has 2 rings (SSSR count). The first kappa shape index (κ1) is 12.5. The Balaban J connectivity index is 2.07. The second-order valence-electron chi connectivity index (χ2n) is 3.69. The van der Waals surface area contributed by atoms with Crippen molar-refractivity contribution in [3.05, 3.63) is 40.7 Å². The molecule has 0 aliphatic heterocycles. The van der Waals surface area contributed by atoms with Crippen molar-refractivity contribution in [3.63, 3.8) is 0 Å². The van der Waals surface area contributed by atoms with Gasteiger partial charge in [0.2, 0.25) is 0 Å². The first-order valence-electron chi connectivity index (χ1n) is 5.46. The van der Waals surface area contributed by atoms with Crippen LogP contribution in [0, 0.1) is 0 Å². The van der Waals surface area contributed by atoms with E-state index in [9.17, 15) is 0 Å². The van der Waals surface area contributed by atoms with Crippen molar-refractivity contribution < 1.29 is 0 Å². The maximum Gasteiger partial charge on any atom is 0.191 e. The average Bonchev–Trinajstić information content (AvgIpc) is 2.69. The molecule has 2 aromatic rings. The molecular formula is C12H14ClN3S. The Morgan fingerprint density at radius 3 is 2.71 bits per heavy atom. The highest BCUT2D eigenvalue weighted by molar-refractivity contribution is 7.98. The molecule has 1 heterocycles. The maximum atomic E-state index is 6.11. The topological polar surface area (TPSA) is 30.7 Å². The van der Waals surface area contributed by atoms with E-state index in [-0.39, 0.29) is 0 Å². The molecule has 3 nitrogen and oxygen atoms in total. The predicted molar refractivity (Wildman–Crippen MR) is 71.4 cm³/mol. The van der Waals surface area contributed by atoms with Crippen LogP contribution in [0.5, 0.6) is 0 Å². The van der Waals surface area contributed by atoms with Crippen LogP contribution in [-0.2, 0) is 19.2 Å². The SMILES string of the molecule is CCc1nnc(SCc2ccccc2Cl)n1C. The van der Waals surface area contributed by atoms with E-state index in [0.717, 1.165) is 33.7 Å². The summed E-state index contributed by atoms with van der Waals surface area (Å²) in [6, 6.07) is 7.88. The summed E-state index contributed by atoms with van der Waals surface area (Å²) in [6.45, 7) is 2.08. The Morgan fingerprint density at radius 1 is 1.29 bits per heavy atom. The Kier molecular flexibility index (Phi) is 4.07. The standard InChI is InChI=1S/C12H14ClN3S/c1-3-11-14-15-12(16(11)2)17-8-9-6-4-5-7-10(9)13/h4-7H,3,8H2,1-2H3. The van der Waals surface area contributed by atoms with Crippen molar-refractivity contribution >= 4 is 23.4 Å². The number of aryl methyl sites for hydroxylation is 1. The van der Waals surface area contributed by atoms with Crippen LogP contribution in [0.2, 0.25) is 5.02 Å². The van der Waals surface area contributed by atoms with Gasteiger partial charge in [-0.15, -0.1) is 10.2 Å². The summed E-state index contributed by atoms with van der Waals surface area (Å²) in [7, 11) is 1.99. The van der Waals surface area contributed by atoms with E-state index in [1.54, 1.807) is 11.8 Å². The van der Waals surface area contributed by atoms with Gasteiger partial charge in [-0.2, -0.15) is 0 Å². The molecule has 0 spiro atoms. The van der Waals surface area contributed by atoms with Gasteiger partial charge in [-0.3, -0.25) is 0 Å². The molecule has 17 heavy (non-hydrogen) atoms. The number of aromatic nitrogens is 3. The van der Waals surface area contributed by atoms with Gasteiger partial charge in [0.1, 0.15) is 5.82 Å². The number of nitrogens with zero attached hydrogens (tertiary/aromatic N) is 3. The van der Waals surface area contributed by atoms with E-state index < -0.39 is 0 Å². The summed E-state index contributed by atoms with van der Waals surface area (Å²) in [4.78, 5) is 0. The number of halogens is 1. The van der Waals surface area contributed by atoms with E-state index in [0.29, 0.717) is 0 Å². The van der Waals surface area contributed by atoms with Crippen LogP contribution in [0.3, 0.4) is 0 Å². The molecule has 0 saturated carbocycles. The van der Waals surface area contributed by atoms with Gasteiger partial charge in [0.25, 0.3) is 0 Å². The third kappa shape index (κ3) is 2.82. The lowest BCUT2D eigenvalue weighted by Crippen LogP contribution is -1.97. The normalized spacial score (nSPS) is 10.8. The van der Waals surface area contributed by atoms with Crippen molar-refractivity contribution in [1.82, 2.24) is 14.8 Å². The van der Waals surface area contributed by atoms with E-state index >= 15 is 0 Å². The fraction of sp³-hybridized carbons (Fsp3) is 0.333. The Labute approximate surface area is 110 Å². The molecule has 0 unspecified atom stereocenters. The second-order valence-corrected chi connectivity index (χ2v) is 5.04. The van der Waals surface area contributed by atoms with Gasteiger partial charge in [-0.25, -0.2) is 0 Å². The lowest BCUT2D eigenvalue weighted by atomic mass is 10.2. The monoisotopic (exact) mass is 267 g/mol. The fourth-order valence-corrected chi connectivity index (χ4v) is 2.75. The molecule has 0 aliphatic rings. The molecular weight excluding hydrogens is 254 g/mol. The van der Waals surface area contributed by atoms with Gasteiger partial charge < -0.3 is 4.57 Å². The fourth-order valence-electron chi connectivity index (χ4n) is 1.54. The summed E-state index contributed by atoms with van der Waals surface area (Å²) in [5.74, 6) is 1.82. The van der Waals surface area contributed by atoms with Gasteiger partial charge in [-0.05, 0) is 11.6 Å². The zero-order valence-corrected chi connectivity index (χ0v) is 11.4. The third-order valence-corrected chi connectivity index (χ3v) is 3.99. The van der Waals surface area contributed by atoms with Gasteiger partial charge in [0.15, 0.2) is 5.16 Å². The number of rotatable bonds is 4. The lowest BCUT2D eigenvalue weighted by Gasteiger charge is -2.04. The van der Waals surface area contributed by atoms with Crippen molar-refractivity contribution in [2.75, 3.05) is 0 Å². The minimum atomic E-state index is 0.804. The summed E-state index contributed by atoms with van der Waals surface area (Å²) < 4.78 is 2.03. The molecule has 1 aromatic carbocycles. The highest BCUT2D eigenvalue weighted by Gasteiger charge is 2.08. The molecule has 1 aromatic heterocycles. The predicted octanol–water partition coefficient (Wildman–Crippen LogP) is 3.32. The van der Waals surface area contributed by atoms with Crippen LogP contribution in [-0.4, -0.2) is 14.8 Å². The van der Waals surface area contributed by atoms with E-state index in [4.69, 9.17) is 11.6 Å². The highest BCUT2D eigenvalue weighted by Crippen LogP contribution is 2.25. The molecule has 0 amide bonds. The van der Waals surface area contributed by atoms with Crippen LogP contribution >= 0.6 is 23.4 Å². The van der Waals surface area contributed by atoms with E-state index in [2.05, 4.69) is 17.1 Å². The minimum Gasteiger partial charge on any atom is -0.309 e. The lowest BCUT2D eigenvalue weighted by molar-refractivity contribution is 0.741. The summed E-state index contributed by atoms with van der Waals surface area (Å²) in [5.41, 5.74) is 1.13. The van der Waals surface area contributed by atoms with Gasteiger partial charge in [0, 0.05) is 24.2 Å². The number of thioether (sulfide) groups is 1. The first-order valence-corrected chi connectivity index (χ1v) is 6.83. The summed E-state index contributed by atoms with van der Waals surface area (Å²) in [5, 5.41) is 10.0. The molecule has 0 saturated heterocycles. The molecule has 90 valence electrons. The van der Waals surface area contributed by atoms with Gasteiger partial charge >= 0.3 is 0 Å². The van der Waals surface area contributed by atoms with Crippen LogP contribution in [0.1, 0.15) is 18.3 Å². The van der Waals surface area contributed by atoms with E-state index in [1.807, 2.05) is 35.9 Å². The van der Waals surface area contributed by atoms with Gasteiger partial charge in [0.05, 0.1) is 0 Å².